The minimum absolute atomic E-state index is 0. The molecule has 0 spiro atoms. The summed E-state index contributed by atoms with van der Waals surface area (Å²) in [5.74, 6) is 0.847. The van der Waals surface area contributed by atoms with E-state index in [0.29, 0.717) is 11.4 Å². The number of phenolic OH excluding ortho intramolecular Hbond substituents is 1. The van der Waals surface area contributed by atoms with Crippen LogP contribution in [-0.4, -0.2) is 19.6 Å². The molecule has 0 amide bonds. The topological polar surface area (TPSA) is 50.9 Å². The van der Waals surface area contributed by atoms with E-state index in [0.717, 1.165) is 50.2 Å². The number of benzene rings is 7. The van der Waals surface area contributed by atoms with Crippen LogP contribution in [0.3, 0.4) is 0 Å². The zero-order valence-corrected chi connectivity index (χ0v) is 37.6. The number of imidazole rings is 1. The van der Waals surface area contributed by atoms with Gasteiger partial charge in [-0.2, -0.15) is 0 Å². The first-order chi connectivity index (χ1) is 28.9. The van der Waals surface area contributed by atoms with Crippen LogP contribution in [0.15, 0.2) is 176 Å². The van der Waals surface area contributed by atoms with Gasteiger partial charge in [0.05, 0.1) is 16.6 Å². The van der Waals surface area contributed by atoms with Crippen LogP contribution in [0.4, 0.5) is 0 Å². The van der Waals surface area contributed by atoms with Crippen molar-refractivity contribution in [1.29, 1.82) is 0 Å². The molecule has 0 fully saturated rings. The van der Waals surface area contributed by atoms with Gasteiger partial charge in [0, 0.05) is 38.6 Å². The molecule has 0 aliphatic carbocycles. The largest absolute Gasteiger partial charge is 0.507 e. The van der Waals surface area contributed by atoms with Crippen molar-refractivity contribution in [3.8, 4) is 78.6 Å². The third-order valence-electron chi connectivity index (χ3n) is 11.4. The van der Waals surface area contributed by atoms with Gasteiger partial charge in [-0.3, -0.25) is 9.55 Å². The molecule has 1 N–H and O–H groups in total. The van der Waals surface area contributed by atoms with Crippen molar-refractivity contribution in [2.75, 3.05) is 0 Å². The van der Waals surface area contributed by atoms with Crippen molar-refractivity contribution in [2.24, 2.45) is 0 Å². The van der Waals surface area contributed by atoms with Crippen molar-refractivity contribution in [1.82, 2.24) is 14.5 Å². The minimum atomic E-state index is -0.151. The predicted octanol–water partition coefficient (Wildman–Crippen LogP) is 14.5. The van der Waals surface area contributed by atoms with Crippen LogP contribution < -0.4 is 0 Å². The van der Waals surface area contributed by atoms with Crippen LogP contribution in [0, 0.1) is 6.07 Å². The van der Waals surface area contributed by atoms with Gasteiger partial charge in [-0.1, -0.05) is 174 Å². The number of nitrogens with zero attached hydrogens (tertiary/aromatic N) is 3. The molecule has 0 bridgehead atoms. The molecule has 9 aromatic rings. The maximum Gasteiger partial charge on any atom is 0.148 e. The zero-order chi connectivity index (χ0) is 41.6. The fourth-order valence-corrected chi connectivity index (χ4v) is 8.11. The van der Waals surface area contributed by atoms with E-state index >= 15 is 0 Å². The molecule has 61 heavy (non-hydrogen) atoms. The monoisotopic (exact) mass is 973 g/mol. The van der Waals surface area contributed by atoms with Crippen molar-refractivity contribution in [3.63, 3.8) is 0 Å². The summed E-state index contributed by atoms with van der Waals surface area (Å²) in [5, 5.41) is 11.3. The van der Waals surface area contributed by atoms with E-state index in [4.69, 9.17) is 9.97 Å². The Balaban J connectivity index is 0.00000514. The Morgan fingerprint density at radius 1 is 0.508 bits per heavy atom. The Bertz CT molecular complexity index is 2990. The number of hydrogen-bond acceptors (Lipinski definition) is 3. The van der Waals surface area contributed by atoms with Gasteiger partial charge >= 0.3 is 0 Å². The van der Waals surface area contributed by atoms with Gasteiger partial charge in [-0.05, 0) is 86.2 Å². The minimum Gasteiger partial charge on any atom is -0.507 e. The molecule has 0 saturated heterocycles. The Hall–Kier alpha value is -6.35. The Morgan fingerprint density at radius 2 is 1.11 bits per heavy atom. The second-order valence-electron chi connectivity index (χ2n) is 17.6. The van der Waals surface area contributed by atoms with Crippen LogP contribution in [0.2, 0.25) is 0 Å². The molecule has 2 heterocycles. The van der Waals surface area contributed by atoms with Gasteiger partial charge in [0.1, 0.15) is 11.6 Å². The van der Waals surface area contributed by atoms with E-state index in [1.165, 1.54) is 33.4 Å². The second kappa shape index (κ2) is 16.6. The average molecular weight is 974 g/mol. The summed E-state index contributed by atoms with van der Waals surface area (Å²) in [7, 11) is 0. The first-order valence-corrected chi connectivity index (χ1v) is 20.6. The molecule has 9 rings (SSSR count). The molecule has 0 saturated carbocycles. The van der Waals surface area contributed by atoms with Crippen molar-refractivity contribution in [2.45, 2.75) is 52.4 Å². The number of aromatic hydroxyl groups is 1. The SMILES string of the molecule is CC(C)(C)c1cc(-c2cc(-c3ccc(-c4ccccc4)cc3)ccn2)[c-]c(-c2cccc3c2nc(-c2ccccc2O)n3-c2ccc(-c3ccccc3)c(C(C)(C)C)c2)c1.[Pt]. The summed E-state index contributed by atoms with van der Waals surface area (Å²) in [5.41, 5.74) is 16.2. The molecular formula is C56H48N3OPt-. The van der Waals surface area contributed by atoms with E-state index in [9.17, 15) is 5.11 Å². The Morgan fingerprint density at radius 3 is 1.79 bits per heavy atom. The molecule has 0 aliphatic rings. The fraction of sp³-hybridized carbons (Fsp3) is 0.143. The summed E-state index contributed by atoms with van der Waals surface area (Å²) in [4.78, 5) is 10.3. The summed E-state index contributed by atoms with van der Waals surface area (Å²) in [6.07, 6.45) is 1.89. The Labute approximate surface area is 373 Å². The van der Waals surface area contributed by atoms with Gasteiger partial charge < -0.3 is 5.11 Å². The van der Waals surface area contributed by atoms with Crippen LogP contribution in [0.1, 0.15) is 52.7 Å². The molecule has 0 radical (unpaired) electrons. The third kappa shape index (κ3) is 8.26. The summed E-state index contributed by atoms with van der Waals surface area (Å²) >= 11 is 0. The predicted molar refractivity (Wildman–Crippen MR) is 249 cm³/mol. The number of phenols is 1. The van der Waals surface area contributed by atoms with E-state index < -0.39 is 0 Å². The number of rotatable bonds is 7. The average Bonchev–Trinajstić information content (AvgIpc) is 3.66. The van der Waals surface area contributed by atoms with Crippen molar-refractivity contribution in [3.05, 3.63) is 193 Å². The quantitative estimate of drug-likeness (QED) is 0.162. The number of aromatic nitrogens is 3. The van der Waals surface area contributed by atoms with E-state index in [1.54, 1.807) is 6.07 Å². The molecule has 304 valence electrons. The molecule has 5 heteroatoms. The van der Waals surface area contributed by atoms with Gasteiger partial charge in [0.15, 0.2) is 0 Å². The number of pyridine rings is 1. The first-order valence-electron chi connectivity index (χ1n) is 20.6. The van der Waals surface area contributed by atoms with E-state index in [2.05, 4.69) is 192 Å². The fourth-order valence-electron chi connectivity index (χ4n) is 8.11. The molecule has 0 atom stereocenters. The molecule has 0 unspecified atom stereocenters. The van der Waals surface area contributed by atoms with Crippen molar-refractivity contribution >= 4 is 11.0 Å². The van der Waals surface area contributed by atoms with Gasteiger partial charge in [0.25, 0.3) is 0 Å². The Kier molecular flexibility index (Phi) is 11.3. The normalized spacial score (nSPS) is 11.7. The van der Waals surface area contributed by atoms with Crippen LogP contribution >= 0.6 is 0 Å². The number of fused-ring (bicyclic) bond motifs is 1. The van der Waals surface area contributed by atoms with Gasteiger partial charge in [-0.15, -0.1) is 29.3 Å². The molecule has 0 aliphatic heterocycles. The van der Waals surface area contributed by atoms with Gasteiger partial charge in [-0.25, -0.2) is 4.98 Å². The van der Waals surface area contributed by atoms with E-state index in [-0.39, 0.29) is 37.6 Å². The maximum absolute atomic E-state index is 11.3. The van der Waals surface area contributed by atoms with Crippen LogP contribution in [-0.2, 0) is 31.9 Å². The molecule has 7 aromatic carbocycles. The summed E-state index contributed by atoms with van der Waals surface area (Å²) in [6, 6.07) is 62.8. The summed E-state index contributed by atoms with van der Waals surface area (Å²) < 4.78 is 2.19. The van der Waals surface area contributed by atoms with Crippen molar-refractivity contribution < 1.29 is 26.2 Å². The standard InChI is InChI=1S/C56H48N3O.Pt/c1-55(2,3)44-33-42(32-43(34-44)50-35-41(30-31-57-50)39-26-24-38(25-27-39)37-16-9-7-10-17-37)47-21-15-22-51-53(47)58-54(48-20-13-14-23-52(48)60)59(51)45-28-29-46(40-18-11-8-12-19-40)49(36-45)56(4,5)6;/h7-31,33-36,60H,1-6H3;/q-1;. The second-order valence-corrected chi connectivity index (χ2v) is 17.6. The van der Waals surface area contributed by atoms with Crippen LogP contribution in [0.5, 0.6) is 5.75 Å². The smallest absolute Gasteiger partial charge is 0.148 e. The number of hydrogen-bond donors (Lipinski definition) is 1. The zero-order valence-electron chi connectivity index (χ0n) is 35.3. The van der Waals surface area contributed by atoms with Crippen LogP contribution in [0.25, 0.3) is 83.9 Å². The number of para-hydroxylation sites is 2. The molecular weight excluding hydrogens is 926 g/mol. The first kappa shape index (κ1) is 41.4. The third-order valence-corrected chi connectivity index (χ3v) is 11.4. The summed E-state index contributed by atoms with van der Waals surface area (Å²) in [6.45, 7) is 13.5. The van der Waals surface area contributed by atoms with Gasteiger partial charge in [0.2, 0.25) is 0 Å². The van der Waals surface area contributed by atoms with E-state index in [1.807, 2.05) is 30.5 Å². The molecule has 4 nitrogen and oxygen atoms in total. The molecule has 2 aromatic heterocycles. The maximum atomic E-state index is 11.3.